The van der Waals surface area contributed by atoms with Crippen molar-refractivity contribution in [2.24, 2.45) is 4.99 Å². The van der Waals surface area contributed by atoms with Crippen molar-refractivity contribution in [2.45, 2.75) is 57.5 Å². The first-order chi connectivity index (χ1) is 15.1. The first-order valence-electron chi connectivity index (χ1n) is 11.9. The van der Waals surface area contributed by atoms with Crippen LogP contribution in [0.15, 0.2) is 23.2 Å². The van der Waals surface area contributed by atoms with E-state index in [2.05, 4.69) is 46.5 Å². The average molecular weight is 432 g/mol. The van der Waals surface area contributed by atoms with Crippen LogP contribution in [-0.4, -0.2) is 76.9 Å². The Morgan fingerprint density at radius 2 is 1.71 bits per heavy atom. The summed E-state index contributed by atoms with van der Waals surface area (Å²) in [6.45, 7) is 6.87. The largest absolute Gasteiger partial charge is 0.497 e. The van der Waals surface area contributed by atoms with Crippen LogP contribution in [0.4, 0.5) is 5.69 Å². The highest BCUT2D eigenvalue weighted by atomic mass is 16.5. The van der Waals surface area contributed by atoms with E-state index in [0.717, 1.165) is 74.8 Å². The summed E-state index contributed by atoms with van der Waals surface area (Å²) in [5.74, 6) is 2.61. The Morgan fingerprint density at radius 3 is 2.29 bits per heavy atom. The van der Waals surface area contributed by atoms with Gasteiger partial charge in [0.1, 0.15) is 11.5 Å². The number of nitrogens with one attached hydrogen (secondary N) is 2. The summed E-state index contributed by atoms with van der Waals surface area (Å²) in [6.07, 6.45) is 7.60. The van der Waals surface area contributed by atoms with Gasteiger partial charge in [-0.15, -0.1) is 0 Å². The molecule has 7 heteroatoms. The molecule has 0 amide bonds. The van der Waals surface area contributed by atoms with Gasteiger partial charge in [0.05, 0.1) is 20.8 Å². The number of nitrogens with zero attached hydrogens (tertiary/aromatic N) is 3. The Balaban J connectivity index is 1.49. The molecule has 1 aromatic carbocycles. The molecule has 174 valence electrons. The number of anilines is 1. The zero-order valence-electron chi connectivity index (χ0n) is 19.8. The normalized spacial score (nSPS) is 18.5. The number of benzene rings is 1. The number of hydrogen-bond acceptors (Lipinski definition) is 5. The van der Waals surface area contributed by atoms with Gasteiger partial charge < -0.3 is 29.9 Å². The summed E-state index contributed by atoms with van der Waals surface area (Å²) in [5.41, 5.74) is 1.16. The summed E-state index contributed by atoms with van der Waals surface area (Å²) >= 11 is 0. The second-order valence-electron chi connectivity index (χ2n) is 8.66. The molecule has 2 N–H and O–H groups in total. The number of piperidine rings is 1. The third kappa shape index (κ3) is 6.92. The fraction of sp³-hybridized carbons (Fsp3) is 0.708. The molecule has 0 aromatic heterocycles. The monoisotopic (exact) mass is 431 g/mol. The Morgan fingerprint density at radius 1 is 1.06 bits per heavy atom. The molecular weight excluding hydrogens is 390 g/mol. The second-order valence-corrected chi connectivity index (χ2v) is 8.66. The Labute approximate surface area is 188 Å². The van der Waals surface area contributed by atoms with E-state index >= 15 is 0 Å². The maximum Gasteiger partial charge on any atom is 0.191 e. The predicted molar refractivity (Wildman–Crippen MR) is 129 cm³/mol. The van der Waals surface area contributed by atoms with E-state index in [9.17, 15) is 0 Å². The van der Waals surface area contributed by atoms with Crippen molar-refractivity contribution >= 4 is 11.6 Å². The molecule has 0 atom stereocenters. The van der Waals surface area contributed by atoms with Gasteiger partial charge in [0.15, 0.2) is 5.96 Å². The van der Waals surface area contributed by atoms with Gasteiger partial charge in [0.25, 0.3) is 0 Å². The molecule has 1 aromatic rings. The predicted octanol–water partition coefficient (Wildman–Crippen LogP) is 3.10. The van der Waals surface area contributed by atoms with Crippen LogP contribution in [-0.2, 0) is 0 Å². The van der Waals surface area contributed by atoms with Crippen molar-refractivity contribution in [3.63, 3.8) is 0 Å². The van der Waals surface area contributed by atoms with Gasteiger partial charge in [0.2, 0.25) is 0 Å². The van der Waals surface area contributed by atoms with Crippen molar-refractivity contribution in [3.05, 3.63) is 18.2 Å². The first-order valence-corrected chi connectivity index (χ1v) is 11.9. The first kappa shape index (κ1) is 23.5. The number of likely N-dealkylation sites (N-methyl/N-ethyl adjacent to an activating group) is 1. The minimum Gasteiger partial charge on any atom is -0.497 e. The van der Waals surface area contributed by atoms with E-state index in [1.54, 1.807) is 14.2 Å². The molecule has 0 radical (unpaired) electrons. The number of ether oxygens (including phenoxy) is 2. The Hall–Kier alpha value is -2.15. The van der Waals surface area contributed by atoms with Gasteiger partial charge in [-0.2, -0.15) is 0 Å². The van der Waals surface area contributed by atoms with E-state index < -0.39 is 0 Å². The number of guanidine groups is 1. The van der Waals surface area contributed by atoms with E-state index in [1.165, 1.54) is 25.7 Å². The third-order valence-corrected chi connectivity index (χ3v) is 6.55. The summed E-state index contributed by atoms with van der Waals surface area (Å²) in [7, 11) is 5.64. The summed E-state index contributed by atoms with van der Waals surface area (Å²) in [5, 5.41) is 7.08. The molecule has 2 aliphatic rings. The van der Waals surface area contributed by atoms with Gasteiger partial charge in [-0.3, -0.25) is 4.99 Å². The lowest BCUT2D eigenvalue weighted by Crippen LogP contribution is -2.49. The van der Waals surface area contributed by atoms with Crippen LogP contribution in [0.1, 0.15) is 45.4 Å². The topological polar surface area (TPSA) is 61.4 Å². The SMILES string of the molecule is CCNC(=NCCN(C)C1CCCC1)NC1CCN(c2cc(OC)cc(OC)c2)CC1. The van der Waals surface area contributed by atoms with Gasteiger partial charge >= 0.3 is 0 Å². The summed E-state index contributed by atoms with van der Waals surface area (Å²) in [4.78, 5) is 9.74. The fourth-order valence-electron chi connectivity index (χ4n) is 4.62. The van der Waals surface area contributed by atoms with Crippen LogP contribution in [0.2, 0.25) is 0 Å². The van der Waals surface area contributed by atoms with Gasteiger partial charge in [-0.25, -0.2) is 0 Å². The molecule has 7 nitrogen and oxygen atoms in total. The molecule has 0 unspecified atom stereocenters. The van der Waals surface area contributed by atoms with Gasteiger partial charge in [0, 0.05) is 62.1 Å². The quantitative estimate of drug-likeness (QED) is 0.463. The van der Waals surface area contributed by atoms with Crippen molar-refractivity contribution in [1.82, 2.24) is 15.5 Å². The zero-order chi connectivity index (χ0) is 22.1. The number of hydrogen-bond donors (Lipinski definition) is 2. The van der Waals surface area contributed by atoms with Crippen molar-refractivity contribution in [1.29, 1.82) is 0 Å². The number of aliphatic imine (C=N–C) groups is 1. The fourth-order valence-corrected chi connectivity index (χ4v) is 4.62. The molecular formula is C24H41N5O2. The second kappa shape index (κ2) is 12.0. The Bertz CT molecular complexity index is 675. The van der Waals surface area contributed by atoms with Crippen LogP contribution in [0.3, 0.4) is 0 Å². The van der Waals surface area contributed by atoms with Crippen molar-refractivity contribution < 1.29 is 9.47 Å². The van der Waals surface area contributed by atoms with Gasteiger partial charge in [-0.05, 0) is 39.7 Å². The van der Waals surface area contributed by atoms with E-state index in [-0.39, 0.29) is 0 Å². The molecule has 1 saturated carbocycles. The van der Waals surface area contributed by atoms with Gasteiger partial charge in [-0.1, -0.05) is 12.8 Å². The van der Waals surface area contributed by atoms with E-state index in [1.807, 2.05) is 6.07 Å². The smallest absolute Gasteiger partial charge is 0.191 e. The number of rotatable bonds is 9. The standard InChI is InChI=1S/C24H41N5O2/c1-5-25-24(26-12-15-28(2)20-8-6-7-9-20)27-19-10-13-29(14-11-19)21-16-22(30-3)18-23(17-21)31-4/h16-20H,5-15H2,1-4H3,(H2,25,26,27). The van der Waals surface area contributed by atoms with Crippen molar-refractivity contribution in [3.8, 4) is 11.5 Å². The third-order valence-electron chi connectivity index (χ3n) is 6.55. The maximum absolute atomic E-state index is 5.43. The van der Waals surface area contributed by atoms with Crippen LogP contribution in [0, 0.1) is 0 Å². The highest BCUT2D eigenvalue weighted by Gasteiger charge is 2.22. The lowest BCUT2D eigenvalue weighted by Gasteiger charge is -2.35. The molecule has 1 heterocycles. The average Bonchev–Trinajstić information content (AvgIpc) is 3.34. The highest BCUT2D eigenvalue weighted by Crippen LogP contribution is 2.30. The van der Waals surface area contributed by atoms with Crippen LogP contribution >= 0.6 is 0 Å². The molecule has 0 bridgehead atoms. The summed E-state index contributed by atoms with van der Waals surface area (Å²) in [6, 6.07) is 7.28. The van der Waals surface area contributed by atoms with Crippen LogP contribution in [0.25, 0.3) is 0 Å². The minimum atomic E-state index is 0.439. The molecule has 3 rings (SSSR count). The zero-order valence-corrected chi connectivity index (χ0v) is 19.8. The van der Waals surface area contributed by atoms with E-state index in [0.29, 0.717) is 6.04 Å². The molecule has 2 fully saturated rings. The molecule has 0 spiro atoms. The lowest BCUT2D eigenvalue weighted by atomic mass is 10.0. The number of methoxy groups -OCH3 is 2. The molecule has 1 aliphatic heterocycles. The van der Waals surface area contributed by atoms with Crippen molar-refractivity contribution in [2.75, 3.05) is 58.9 Å². The molecule has 31 heavy (non-hydrogen) atoms. The van der Waals surface area contributed by atoms with E-state index in [4.69, 9.17) is 14.5 Å². The lowest BCUT2D eigenvalue weighted by molar-refractivity contribution is 0.252. The molecule has 1 saturated heterocycles. The van der Waals surface area contributed by atoms with Crippen LogP contribution in [0.5, 0.6) is 11.5 Å². The van der Waals surface area contributed by atoms with Crippen LogP contribution < -0.4 is 25.0 Å². The summed E-state index contributed by atoms with van der Waals surface area (Å²) < 4.78 is 10.9. The minimum absolute atomic E-state index is 0.439. The maximum atomic E-state index is 5.43. The highest BCUT2D eigenvalue weighted by molar-refractivity contribution is 5.80. The molecule has 1 aliphatic carbocycles. The Kier molecular flexibility index (Phi) is 9.13.